The maximum absolute atomic E-state index is 13.3. The third-order valence-electron chi connectivity index (χ3n) is 3.36. The third-order valence-corrected chi connectivity index (χ3v) is 3.79. The molecule has 0 aliphatic heterocycles. The van der Waals surface area contributed by atoms with Crippen molar-refractivity contribution in [2.24, 2.45) is 5.73 Å². The summed E-state index contributed by atoms with van der Waals surface area (Å²) < 4.78 is 13.3. The Hall–Kier alpha value is -1.38. The number of hydrogen-bond acceptors (Lipinski definition) is 1. The molecule has 2 N–H and O–H groups in total. The van der Waals surface area contributed by atoms with Gasteiger partial charge in [-0.25, -0.2) is 4.39 Å². The maximum Gasteiger partial charge on any atom is 0.123 e. The zero-order chi connectivity index (χ0) is 14.0. The van der Waals surface area contributed by atoms with Crippen LogP contribution in [0, 0.1) is 19.7 Å². The van der Waals surface area contributed by atoms with Crippen molar-refractivity contribution in [2.75, 3.05) is 0 Å². The summed E-state index contributed by atoms with van der Waals surface area (Å²) in [5.74, 6) is -0.222. The van der Waals surface area contributed by atoms with E-state index in [0.717, 1.165) is 27.3 Å². The van der Waals surface area contributed by atoms with Crippen LogP contribution in [-0.4, -0.2) is 0 Å². The largest absolute Gasteiger partial charge is 0.324 e. The van der Waals surface area contributed by atoms with Crippen molar-refractivity contribution < 1.29 is 4.39 Å². The Morgan fingerprint density at radius 2 is 1.84 bits per heavy atom. The molecule has 2 aromatic carbocycles. The molecule has 100 valence electrons. The number of rotatable bonds is 3. The van der Waals surface area contributed by atoms with Crippen LogP contribution < -0.4 is 5.73 Å². The van der Waals surface area contributed by atoms with E-state index in [0.29, 0.717) is 6.42 Å². The molecular weight excluding hydrogens is 261 g/mol. The summed E-state index contributed by atoms with van der Waals surface area (Å²) in [5, 5.41) is 0.734. The van der Waals surface area contributed by atoms with Crippen molar-refractivity contribution in [2.45, 2.75) is 26.3 Å². The molecule has 0 saturated carbocycles. The number of benzene rings is 2. The SMILES string of the molecule is Cc1cc(C(N)Cc2cc(F)ccc2C)ccc1Cl. The highest BCUT2D eigenvalue weighted by molar-refractivity contribution is 6.31. The molecule has 0 fully saturated rings. The van der Waals surface area contributed by atoms with Crippen LogP contribution in [0.25, 0.3) is 0 Å². The fraction of sp³-hybridized carbons (Fsp3) is 0.250. The molecule has 0 amide bonds. The molecule has 0 aliphatic rings. The number of halogens is 2. The molecular formula is C16H17ClFN. The molecule has 0 radical (unpaired) electrons. The minimum atomic E-state index is -0.222. The molecule has 1 nitrogen and oxygen atoms in total. The first-order valence-electron chi connectivity index (χ1n) is 6.24. The van der Waals surface area contributed by atoms with Gasteiger partial charge < -0.3 is 5.73 Å². The van der Waals surface area contributed by atoms with E-state index in [9.17, 15) is 4.39 Å². The third kappa shape index (κ3) is 3.34. The maximum atomic E-state index is 13.3. The normalized spacial score (nSPS) is 12.5. The van der Waals surface area contributed by atoms with E-state index < -0.39 is 0 Å². The van der Waals surface area contributed by atoms with Crippen molar-refractivity contribution in [1.82, 2.24) is 0 Å². The molecule has 2 aromatic rings. The van der Waals surface area contributed by atoms with Crippen LogP contribution in [0.15, 0.2) is 36.4 Å². The van der Waals surface area contributed by atoms with Crippen LogP contribution >= 0.6 is 11.6 Å². The van der Waals surface area contributed by atoms with E-state index in [4.69, 9.17) is 17.3 Å². The molecule has 19 heavy (non-hydrogen) atoms. The van der Waals surface area contributed by atoms with E-state index in [2.05, 4.69) is 0 Å². The molecule has 1 unspecified atom stereocenters. The van der Waals surface area contributed by atoms with Crippen molar-refractivity contribution >= 4 is 11.6 Å². The fourth-order valence-corrected chi connectivity index (χ4v) is 2.23. The first-order valence-corrected chi connectivity index (χ1v) is 6.62. The Bertz CT molecular complexity index is 595. The Labute approximate surface area is 118 Å². The molecule has 0 bridgehead atoms. The van der Waals surface area contributed by atoms with Gasteiger partial charge in [-0.05, 0) is 60.7 Å². The number of hydrogen-bond donors (Lipinski definition) is 1. The van der Waals surface area contributed by atoms with E-state index >= 15 is 0 Å². The van der Waals surface area contributed by atoms with Gasteiger partial charge in [-0.3, -0.25) is 0 Å². The lowest BCUT2D eigenvalue weighted by Gasteiger charge is -2.15. The summed E-state index contributed by atoms with van der Waals surface area (Å²) in [6.45, 7) is 3.92. The minimum Gasteiger partial charge on any atom is -0.324 e. The first kappa shape index (κ1) is 14.0. The van der Waals surface area contributed by atoms with Crippen LogP contribution in [0.4, 0.5) is 4.39 Å². The zero-order valence-corrected chi connectivity index (χ0v) is 11.8. The van der Waals surface area contributed by atoms with Crippen LogP contribution in [-0.2, 0) is 6.42 Å². The first-order chi connectivity index (χ1) is 8.97. The summed E-state index contributed by atoms with van der Waals surface area (Å²) in [6.07, 6.45) is 0.616. The van der Waals surface area contributed by atoms with Crippen molar-refractivity contribution in [3.63, 3.8) is 0 Å². The Morgan fingerprint density at radius 3 is 2.53 bits per heavy atom. The summed E-state index contributed by atoms with van der Waals surface area (Å²) >= 11 is 6.00. The molecule has 0 aliphatic carbocycles. The predicted molar refractivity (Wildman–Crippen MR) is 78.0 cm³/mol. The highest BCUT2D eigenvalue weighted by atomic mass is 35.5. The highest BCUT2D eigenvalue weighted by Gasteiger charge is 2.10. The second-order valence-electron chi connectivity index (χ2n) is 4.89. The monoisotopic (exact) mass is 277 g/mol. The van der Waals surface area contributed by atoms with Gasteiger partial charge in [-0.2, -0.15) is 0 Å². The Balaban J connectivity index is 2.22. The number of nitrogens with two attached hydrogens (primary N) is 1. The average molecular weight is 278 g/mol. The number of aryl methyl sites for hydroxylation is 2. The molecule has 0 spiro atoms. The van der Waals surface area contributed by atoms with Crippen molar-refractivity contribution in [3.8, 4) is 0 Å². The van der Waals surface area contributed by atoms with Crippen LogP contribution in [0.5, 0.6) is 0 Å². The molecule has 2 rings (SSSR count). The Kier molecular flexibility index (Phi) is 4.23. The summed E-state index contributed by atoms with van der Waals surface area (Å²) in [4.78, 5) is 0. The molecule has 1 atom stereocenters. The lowest BCUT2D eigenvalue weighted by atomic mass is 9.96. The molecule has 3 heteroatoms. The van der Waals surface area contributed by atoms with Crippen molar-refractivity contribution in [3.05, 3.63) is 69.5 Å². The van der Waals surface area contributed by atoms with Crippen LogP contribution in [0.3, 0.4) is 0 Å². The summed E-state index contributed by atoms with van der Waals surface area (Å²) in [6, 6.07) is 10.4. The molecule has 0 heterocycles. The van der Waals surface area contributed by atoms with E-state index in [1.165, 1.54) is 6.07 Å². The van der Waals surface area contributed by atoms with E-state index in [1.807, 2.05) is 32.0 Å². The van der Waals surface area contributed by atoms with Gasteiger partial charge in [0.25, 0.3) is 0 Å². The predicted octanol–water partition coefficient (Wildman–Crippen LogP) is 4.34. The average Bonchev–Trinajstić information content (AvgIpc) is 2.37. The van der Waals surface area contributed by atoms with Gasteiger partial charge >= 0.3 is 0 Å². The highest BCUT2D eigenvalue weighted by Crippen LogP contribution is 2.23. The van der Waals surface area contributed by atoms with Crippen LogP contribution in [0.2, 0.25) is 5.02 Å². The van der Waals surface area contributed by atoms with Crippen LogP contribution in [0.1, 0.15) is 28.3 Å². The summed E-state index contributed by atoms with van der Waals surface area (Å²) in [5.41, 5.74) is 10.2. The van der Waals surface area contributed by atoms with Gasteiger partial charge in [0.1, 0.15) is 5.82 Å². The Morgan fingerprint density at radius 1 is 1.11 bits per heavy atom. The van der Waals surface area contributed by atoms with Gasteiger partial charge in [0, 0.05) is 11.1 Å². The fourth-order valence-electron chi connectivity index (χ4n) is 2.11. The zero-order valence-electron chi connectivity index (χ0n) is 11.1. The quantitative estimate of drug-likeness (QED) is 0.887. The lowest BCUT2D eigenvalue weighted by Crippen LogP contribution is -2.14. The van der Waals surface area contributed by atoms with Gasteiger partial charge in [0.2, 0.25) is 0 Å². The molecule has 0 saturated heterocycles. The second-order valence-corrected chi connectivity index (χ2v) is 5.30. The summed E-state index contributed by atoms with van der Waals surface area (Å²) in [7, 11) is 0. The second kappa shape index (κ2) is 5.72. The van der Waals surface area contributed by atoms with Gasteiger partial charge in [-0.15, -0.1) is 0 Å². The minimum absolute atomic E-state index is 0.156. The topological polar surface area (TPSA) is 26.0 Å². The van der Waals surface area contributed by atoms with Gasteiger partial charge in [-0.1, -0.05) is 29.8 Å². The smallest absolute Gasteiger partial charge is 0.123 e. The lowest BCUT2D eigenvalue weighted by molar-refractivity contribution is 0.621. The van der Waals surface area contributed by atoms with Gasteiger partial charge in [0.05, 0.1) is 0 Å². The van der Waals surface area contributed by atoms with Gasteiger partial charge in [0.15, 0.2) is 0 Å². The standard InChI is InChI=1S/C16H17ClFN/c1-10-3-5-14(18)8-13(10)9-16(19)12-4-6-15(17)11(2)7-12/h3-8,16H,9,19H2,1-2H3. The van der Waals surface area contributed by atoms with E-state index in [1.54, 1.807) is 12.1 Å². The van der Waals surface area contributed by atoms with Crippen molar-refractivity contribution in [1.29, 1.82) is 0 Å². The van der Waals surface area contributed by atoms with E-state index in [-0.39, 0.29) is 11.9 Å². The molecule has 0 aromatic heterocycles.